The SMILES string of the molecule is CCCCn1c2c(c(=O)n(CCCn3nnc(Cc4cc(F)cc(F)c4)n3)c1=O)CC(Cl)=N2. The molecule has 0 N–H and O–H groups in total. The van der Waals surface area contributed by atoms with Crippen molar-refractivity contribution in [2.45, 2.75) is 58.7 Å². The normalized spacial score (nSPS) is 12.8. The number of benzene rings is 1. The van der Waals surface area contributed by atoms with Crippen LogP contribution in [0.5, 0.6) is 0 Å². The lowest BCUT2D eigenvalue weighted by Gasteiger charge is -2.13. The van der Waals surface area contributed by atoms with Gasteiger partial charge in [-0.2, -0.15) is 4.80 Å². The molecule has 1 aliphatic heterocycles. The van der Waals surface area contributed by atoms with Gasteiger partial charge in [0, 0.05) is 32.0 Å². The van der Waals surface area contributed by atoms with Crippen molar-refractivity contribution in [3.63, 3.8) is 0 Å². The number of hydrogen-bond acceptors (Lipinski definition) is 6. The standard InChI is InChI=1S/C21H22ClF2N7O2/c1-2-3-5-29-19-16(12-17(22)25-19)20(32)30(21(29)33)6-4-7-31-27-18(26-28-31)10-13-8-14(23)11-15(24)9-13/h8-9,11H,2-7,10,12H2,1H3. The van der Waals surface area contributed by atoms with Crippen molar-refractivity contribution < 1.29 is 8.78 Å². The summed E-state index contributed by atoms with van der Waals surface area (Å²) in [7, 11) is 0. The van der Waals surface area contributed by atoms with Crippen LogP contribution >= 0.6 is 11.6 Å². The van der Waals surface area contributed by atoms with Crippen molar-refractivity contribution in [3.8, 4) is 0 Å². The minimum atomic E-state index is -0.673. The average molecular weight is 478 g/mol. The van der Waals surface area contributed by atoms with Gasteiger partial charge >= 0.3 is 5.69 Å². The maximum atomic E-state index is 13.4. The molecule has 1 aromatic carbocycles. The number of rotatable bonds is 9. The molecule has 0 unspecified atom stereocenters. The second kappa shape index (κ2) is 9.74. The van der Waals surface area contributed by atoms with E-state index < -0.39 is 17.3 Å². The largest absolute Gasteiger partial charge is 0.332 e. The number of hydrogen-bond donors (Lipinski definition) is 0. The number of fused-ring (bicyclic) bond motifs is 1. The van der Waals surface area contributed by atoms with Crippen molar-refractivity contribution in [1.82, 2.24) is 29.3 Å². The molecule has 0 aliphatic carbocycles. The molecule has 0 fully saturated rings. The van der Waals surface area contributed by atoms with E-state index >= 15 is 0 Å². The van der Waals surface area contributed by atoms with E-state index in [1.54, 1.807) is 0 Å². The highest BCUT2D eigenvalue weighted by Gasteiger charge is 2.24. The van der Waals surface area contributed by atoms with Crippen molar-refractivity contribution in [3.05, 3.63) is 67.6 Å². The van der Waals surface area contributed by atoms with E-state index in [0.717, 1.165) is 18.9 Å². The summed E-state index contributed by atoms with van der Waals surface area (Å²) in [5.41, 5.74) is 0.0228. The summed E-state index contributed by atoms with van der Waals surface area (Å²) in [6, 6.07) is 3.22. The van der Waals surface area contributed by atoms with Crippen LogP contribution in [0, 0.1) is 11.6 Å². The molecule has 33 heavy (non-hydrogen) atoms. The Bertz CT molecular complexity index is 1310. The van der Waals surface area contributed by atoms with Crippen LogP contribution in [-0.4, -0.2) is 34.5 Å². The summed E-state index contributed by atoms with van der Waals surface area (Å²) >= 11 is 6.04. The molecule has 3 heterocycles. The predicted octanol–water partition coefficient (Wildman–Crippen LogP) is 2.58. The third-order valence-corrected chi connectivity index (χ3v) is 5.51. The van der Waals surface area contributed by atoms with Gasteiger partial charge in [-0.05, 0) is 35.8 Å². The van der Waals surface area contributed by atoms with Crippen LogP contribution < -0.4 is 11.2 Å². The first-order valence-electron chi connectivity index (χ1n) is 10.7. The molecule has 0 saturated carbocycles. The fourth-order valence-electron chi connectivity index (χ4n) is 3.75. The predicted molar refractivity (Wildman–Crippen MR) is 118 cm³/mol. The molecular weight excluding hydrogens is 456 g/mol. The van der Waals surface area contributed by atoms with Gasteiger partial charge in [0.25, 0.3) is 5.56 Å². The second-order valence-corrected chi connectivity index (χ2v) is 8.26. The van der Waals surface area contributed by atoms with Gasteiger partial charge in [0.1, 0.15) is 22.6 Å². The molecule has 0 saturated heterocycles. The molecule has 174 valence electrons. The molecular formula is C21H22ClF2N7O2. The molecule has 2 aromatic heterocycles. The van der Waals surface area contributed by atoms with Crippen molar-refractivity contribution in [2.75, 3.05) is 0 Å². The average Bonchev–Trinajstić information content (AvgIpc) is 3.36. The van der Waals surface area contributed by atoms with Crippen LogP contribution in [-0.2, 0) is 32.5 Å². The number of nitrogens with zero attached hydrogens (tertiary/aromatic N) is 7. The van der Waals surface area contributed by atoms with Gasteiger partial charge < -0.3 is 0 Å². The smallest absolute Gasteiger partial charge is 0.278 e. The molecule has 0 radical (unpaired) electrons. The third kappa shape index (κ3) is 5.08. The number of aromatic nitrogens is 6. The summed E-state index contributed by atoms with van der Waals surface area (Å²) < 4.78 is 29.4. The zero-order chi connectivity index (χ0) is 23.5. The van der Waals surface area contributed by atoms with Crippen molar-refractivity contribution in [1.29, 1.82) is 0 Å². The Kier molecular flexibility index (Phi) is 6.77. The minimum absolute atomic E-state index is 0.127. The summed E-state index contributed by atoms with van der Waals surface area (Å²) in [6.07, 6.45) is 2.41. The van der Waals surface area contributed by atoms with Gasteiger partial charge in [0.2, 0.25) is 0 Å². The Morgan fingerprint density at radius 3 is 2.48 bits per heavy atom. The van der Waals surface area contributed by atoms with Gasteiger partial charge in [-0.15, -0.1) is 10.2 Å². The van der Waals surface area contributed by atoms with E-state index in [1.165, 1.54) is 26.1 Å². The lowest BCUT2D eigenvalue weighted by Crippen LogP contribution is -2.41. The lowest BCUT2D eigenvalue weighted by atomic mass is 10.1. The molecule has 0 bridgehead atoms. The molecule has 12 heteroatoms. The van der Waals surface area contributed by atoms with Gasteiger partial charge in [0.05, 0.1) is 12.1 Å². The first-order valence-corrected chi connectivity index (χ1v) is 11.0. The molecule has 0 amide bonds. The highest BCUT2D eigenvalue weighted by Crippen LogP contribution is 2.24. The summed E-state index contributed by atoms with van der Waals surface area (Å²) in [5.74, 6) is -0.679. The zero-order valence-corrected chi connectivity index (χ0v) is 18.7. The van der Waals surface area contributed by atoms with Gasteiger partial charge in [-0.1, -0.05) is 24.9 Å². The number of aliphatic imine (C=N–C) groups is 1. The van der Waals surface area contributed by atoms with Crippen LogP contribution in [0.25, 0.3) is 0 Å². The Morgan fingerprint density at radius 2 is 1.76 bits per heavy atom. The molecule has 0 atom stereocenters. The maximum Gasteiger partial charge on any atom is 0.332 e. The van der Waals surface area contributed by atoms with E-state index in [1.807, 2.05) is 6.92 Å². The number of aryl methyl sites for hydroxylation is 1. The van der Waals surface area contributed by atoms with Gasteiger partial charge in [-0.3, -0.25) is 13.9 Å². The van der Waals surface area contributed by atoms with E-state index in [2.05, 4.69) is 20.4 Å². The highest BCUT2D eigenvalue weighted by molar-refractivity contribution is 6.66. The van der Waals surface area contributed by atoms with E-state index in [4.69, 9.17) is 11.6 Å². The first kappa shape index (κ1) is 23.0. The van der Waals surface area contributed by atoms with Crippen LogP contribution in [0.1, 0.15) is 43.1 Å². The maximum absolute atomic E-state index is 13.4. The van der Waals surface area contributed by atoms with Gasteiger partial charge in [-0.25, -0.2) is 18.6 Å². The highest BCUT2D eigenvalue weighted by atomic mass is 35.5. The fourth-order valence-corrected chi connectivity index (χ4v) is 3.96. The Labute approximate surface area is 192 Å². The van der Waals surface area contributed by atoms with Crippen LogP contribution in [0.3, 0.4) is 0 Å². The summed E-state index contributed by atoms with van der Waals surface area (Å²) in [4.78, 5) is 31.4. The summed E-state index contributed by atoms with van der Waals surface area (Å²) in [6.45, 7) is 2.95. The summed E-state index contributed by atoms with van der Waals surface area (Å²) in [5, 5.41) is 12.4. The Morgan fingerprint density at radius 1 is 1.03 bits per heavy atom. The Hall–Kier alpha value is -3.21. The molecule has 4 rings (SSSR count). The molecule has 0 spiro atoms. The van der Waals surface area contributed by atoms with E-state index in [0.29, 0.717) is 47.5 Å². The Balaban J connectivity index is 1.46. The topological polar surface area (TPSA) is 100.0 Å². The van der Waals surface area contributed by atoms with Gasteiger partial charge in [0.15, 0.2) is 5.82 Å². The zero-order valence-electron chi connectivity index (χ0n) is 18.0. The van der Waals surface area contributed by atoms with Crippen LogP contribution in [0.4, 0.5) is 14.6 Å². The minimum Gasteiger partial charge on any atom is -0.278 e. The molecule has 1 aliphatic rings. The number of halogens is 3. The number of tetrazole rings is 1. The molecule has 3 aromatic rings. The van der Waals surface area contributed by atoms with E-state index in [-0.39, 0.29) is 24.9 Å². The molecule has 9 nitrogen and oxygen atoms in total. The van der Waals surface area contributed by atoms with Crippen molar-refractivity contribution >= 4 is 22.6 Å². The lowest BCUT2D eigenvalue weighted by molar-refractivity contribution is 0.448. The quantitative estimate of drug-likeness (QED) is 0.471. The fraction of sp³-hybridized carbons (Fsp3) is 0.429. The first-order chi connectivity index (χ1) is 15.9. The van der Waals surface area contributed by atoms with Crippen molar-refractivity contribution in [2.24, 2.45) is 4.99 Å². The van der Waals surface area contributed by atoms with Crippen LogP contribution in [0.2, 0.25) is 0 Å². The number of unbranched alkanes of at least 4 members (excludes halogenated alkanes) is 1. The third-order valence-electron chi connectivity index (χ3n) is 5.29. The monoisotopic (exact) mass is 477 g/mol. The van der Waals surface area contributed by atoms with E-state index in [9.17, 15) is 18.4 Å². The second-order valence-electron chi connectivity index (χ2n) is 7.82. The van der Waals surface area contributed by atoms with Crippen LogP contribution in [0.15, 0.2) is 32.8 Å².